The molecule has 4 rings (SSSR count). The molecule has 0 atom stereocenters. The Hall–Kier alpha value is -2.52. The van der Waals surface area contributed by atoms with Crippen molar-refractivity contribution in [3.8, 4) is 11.3 Å². The van der Waals surface area contributed by atoms with Crippen LogP contribution in [0, 0.1) is 0 Å². The van der Waals surface area contributed by atoms with Gasteiger partial charge in [-0.2, -0.15) is 0 Å². The Kier molecular flexibility index (Phi) is 3.41. The zero-order chi connectivity index (χ0) is 14.8. The van der Waals surface area contributed by atoms with Gasteiger partial charge < -0.3 is 4.98 Å². The third-order valence-corrected chi connectivity index (χ3v) is 4.71. The third-order valence-electron chi connectivity index (χ3n) is 3.57. The Morgan fingerprint density at radius 2 is 1.64 bits per heavy atom. The number of H-pyrrole nitrogens is 1. The number of nitrogens with zero attached hydrogens (tertiary/aromatic N) is 1. The van der Waals surface area contributed by atoms with Gasteiger partial charge in [0.05, 0.1) is 5.69 Å². The minimum Gasteiger partial charge on any atom is -0.354 e. The average Bonchev–Trinajstić information content (AvgIpc) is 2.95. The largest absolute Gasteiger partial charge is 0.354 e. The lowest BCUT2D eigenvalue weighted by Gasteiger charge is -2.05. The number of fused-ring (bicyclic) bond motifs is 1. The summed E-state index contributed by atoms with van der Waals surface area (Å²) in [6.07, 6.45) is 3.70. The van der Waals surface area contributed by atoms with Gasteiger partial charge in [0.25, 0.3) is 0 Å². The van der Waals surface area contributed by atoms with Crippen LogP contribution in [0.4, 0.5) is 0 Å². The second-order valence-corrected chi connectivity index (χ2v) is 6.12. The molecular weight excluding hydrogens is 288 g/mol. The number of nitrogens with one attached hydrogen (secondary N) is 1. The third kappa shape index (κ3) is 2.40. The zero-order valence-corrected chi connectivity index (χ0v) is 12.7. The fraction of sp³-hybridized carbons (Fsp3) is 0. The van der Waals surface area contributed by atoms with Crippen LogP contribution in [0.15, 0.2) is 88.9 Å². The lowest BCUT2D eigenvalue weighted by atomic mass is 10.2. The van der Waals surface area contributed by atoms with E-state index in [2.05, 4.69) is 64.6 Å². The van der Waals surface area contributed by atoms with Crippen molar-refractivity contribution in [1.82, 2.24) is 9.97 Å². The van der Waals surface area contributed by atoms with E-state index in [1.807, 2.05) is 18.3 Å². The quantitative estimate of drug-likeness (QED) is 0.550. The number of hydrogen-bond donors (Lipinski definition) is 1. The number of pyridine rings is 1. The summed E-state index contributed by atoms with van der Waals surface area (Å²) < 4.78 is 0. The van der Waals surface area contributed by atoms with Crippen molar-refractivity contribution in [2.24, 2.45) is 0 Å². The second kappa shape index (κ2) is 5.70. The van der Waals surface area contributed by atoms with E-state index in [4.69, 9.17) is 0 Å². The fourth-order valence-electron chi connectivity index (χ4n) is 2.54. The minimum atomic E-state index is 1.11. The van der Waals surface area contributed by atoms with Gasteiger partial charge in [0, 0.05) is 38.7 Å². The highest BCUT2D eigenvalue weighted by molar-refractivity contribution is 7.99. The van der Waals surface area contributed by atoms with E-state index < -0.39 is 0 Å². The summed E-state index contributed by atoms with van der Waals surface area (Å²) in [7, 11) is 0. The lowest BCUT2D eigenvalue weighted by molar-refractivity contribution is 1.30. The molecule has 0 spiro atoms. The predicted octanol–water partition coefficient (Wildman–Crippen LogP) is 5.38. The molecule has 0 unspecified atom stereocenters. The summed E-state index contributed by atoms with van der Waals surface area (Å²) in [6, 6.07) is 22.9. The van der Waals surface area contributed by atoms with Crippen LogP contribution in [0.3, 0.4) is 0 Å². The maximum Gasteiger partial charge on any atom is 0.0622 e. The Bertz CT molecular complexity index is 899. The minimum absolute atomic E-state index is 1.11. The molecule has 0 radical (unpaired) electrons. The first-order valence-corrected chi connectivity index (χ1v) is 7.97. The van der Waals surface area contributed by atoms with E-state index in [9.17, 15) is 0 Å². The van der Waals surface area contributed by atoms with E-state index in [1.165, 1.54) is 15.2 Å². The van der Waals surface area contributed by atoms with Crippen molar-refractivity contribution in [3.63, 3.8) is 0 Å². The highest BCUT2D eigenvalue weighted by Crippen LogP contribution is 2.40. The molecule has 106 valence electrons. The van der Waals surface area contributed by atoms with Crippen LogP contribution in [0.1, 0.15) is 0 Å². The summed E-state index contributed by atoms with van der Waals surface area (Å²) in [5.41, 5.74) is 3.39. The van der Waals surface area contributed by atoms with Gasteiger partial charge >= 0.3 is 0 Å². The smallest absolute Gasteiger partial charge is 0.0622 e. The highest BCUT2D eigenvalue weighted by Gasteiger charge is 2.14. The molecule has 0 bridgehead atoms. The van der Waals surface area contributed by atoms with Gasteiger partial charge in [-0.05, 0) is 30.3 Å². The molecule has 1 N–H and O–H groups in total. The number of benzene rings is 2. The first kappa shape index (κ1) is 13.2. The fourth-order valence-corrected chi connectivity index (χ4v) is 3.63. The number of rotatable bonds is 3. The van der Waals surface area contributed by atoms with Crippen LogP contribution in [0.5, 0.6) is 0 Å². The summed E-state index contributed by atoms with van der Waals surface area (Å²) in [4.78, 5) is 10.3. The van der Waals surface area contributed by atoms with Crippen molar-refractivity contribution in [2.45, 2.75) is 9.79 Å². The molecule has 0 saturated carbocycles. The summed E-state index contributed by atoms with van der Waals surface area (Å²) >= 11 is 1.79. The predicted molar refractivity (Wildman–Crippen MR) is 92.1 cm³/mol. The summed E-state index contributed by atoms with van der Waals surface area (Å²) in [5, 5.41) is 1.25. The van der Waals surface area contributed by atoms with Crippen molar-refractivity contribution < 1.29 is 0 Å². The number of hydrogen-bond acceptors (Lipinski definition) is 2. The van der Waals surface area contributed by atoms with Crippen molar-refractivity contribution >= 4 is 22.7 Å². The van der Waals surface area contributed by atoms with E-state index in [0.717, 1.165) is 16.8 Å². The molecule has 4 aromatic rings. The van der Waals surface area contributed by atoms with Gasteiger partial charge in [-0.25, -0.2) is 0 Å². The van der Waals surface area contributed by atoms with E-state index in [-0.39, 0.29) is 0 Å². The standard InChI is InChI=1S/C19H14N2S/c1-2-8-15(9-3-1)22-19-16-10-4-5-11-17(16)21-18(19)14-7-6-12-20-13-14/h1-13,21H. The Morgan fingerprint density at radius 1 is 0.818 bits per heavy atom. The average molecular weight is 302 g/mol. The summed E-state index contributed by atoms with van der Waals surface area (Å²) in [6.45, 7) is 0. The second-order valence-electron chi connectivity index (χ2n) is 5.03. The molecule has 0 amide bonds. The van der Waals surface area contributed by atoms with Gasteiger partial charge in [0.2, 0.25) is 0 Å². The van der Waals surface area contributed by atoms with Crippen LogP contribution in [0.2, 0.25) is 0 Å². The van der Waals surface area contributed by atoms with Crippen molar-refractivity contribution in [1.29, 1.82) is 0 Å². The van der Waals surface area contributed by atoms with E-state index in [0.29, 0.717) is 0 Å². The molecular formula is C19H14N2S. The van der Waals surface area contributed by atoms with E-state index >= 15 is 0 Å². The molecule has 2 heterocycles. The Morgan fingerprint density at radius 3 is 2.45 bits per heavy atom. The molecule has 0 aliphatic carbocycles. The molecule has 0 aliphatic rings. The molecule has 0 aliphatic heterocycles. The highest BCUT2D eigenvalue weighted by atomic mass is 32.2. The molecule has 0 fully saturated rings. The molecule has 3 heteroatoms. The van der Waals surface area contributed by atoms with Gasteiger partial charge in [0.15, 0.2) is 0 Å². The Balaban J connectivity index is 1.91. The SMILES string of the molecule is c1ccc(Sc2c(-c3cccnc3)[nH]c3ccccc23)cc1. The van der Waals surface area contributed by atoms with E-state index in [1.54, 1.807) is 18.0 Å². The number of aromatic nitrogens is 2. The van der Waals surface area contributed by atoms with Crippen LogP contribution in [-0.2, 0) is 0 Å². The molecule has 22 heavy (non-hydrogen) atoms. The normalized spacial score (nSPS) is 10.9. The van der Waals surface area contributed by atoms with Gasteiger partial charge in [-0.1, -0.05) is 48.2 Å². The topological polar surface area (TPSA) is 28.7 Å². The number of para-hydroxylation sites is 1. The van der Waals surface area contributed by atoms with Crippen LogP contribution in [0.25, 0.3) is 22.2 Å². The Labute approximate surface area is 133 Å². The molecule has 2 nitrogen and oxygen atoms in total. The zero-order valence-electron chi connectivity index (χ0n) is 11.9. The van der Waals surface area contributed by atoms with Crippen molar-refractivity contribution in [2.75, 3.05) is 0 Å². The van der Waals surface area contributed by atoms with Gasteiger partial charge in [-0.15, -0.1) is 0 Å². The summed E-state index contributed by atoms with van der Waals surface area (Å²) in [5.74, 6) is 0. The van der Waals surface area contributed by atoms with Crippen LogP contribution < -0.4 is 0 Å². The monoisotopic (exact) mass is 302 g/mol. The molecule has 2 aromatic heterocycles. The maximum atomic E-state index is 4.25. The van der Waals surface area contributed by atoms with Gasteiger partial charge in [-0.3, -0.25) is 4.98 Å². The van der Waals surface area contributed by atoms with Crippen LogP contribution >= 0.6 is 11.8 Å². The number of aromatic amines is 1. The maximum absolute atomic E-state index is 4.25. The first-order valence-electron chi connectivity index (χ1n) is 7.16. The van der Waals surface area contributed by atoms with Gasteiger partial charge in [0.1, 0.15) is 0 Å². The molecule has 0 saturated heterocycles. The lowest BCUT2D eigenvalue weighted by Crippen LogP contribution is -1.81. The molecule has 2 aromatic carbocycles. The van der Waals surface area contributed by atoms with Crippen LogP contribution in [-0.4, -0.2) is 9.97 Å². The first-order chi connectivity index (χ1) is 10.9. The van der Waals surface area contributed by atoms with Crippen molar-refractivity contribution in [3.05, 3.63) is 79.1 Å².